The summed E-state index contributed by atoms with van der Waals surface area (Å²) in [6.07, 6.45) is 3.05. The van der Waals surface area contributed by atoms with Crippen LogP contribution in [0.4, 0.5) is 0 Å². The molecule has 5 heteroatoms. The van der Waals surface area contributed by atoms with Crippen LogP contribution in [0.3, 0.4) is 0 Å². The van der Waals surface area contributed by atoms with Gasteiger partial charge >= 0.3 is 0 Å². The Morgan fingerprint density at radius 3 is 2.84 bits per heavy atom. The van der Waals surface area contributed by atoms with Gasteiger partial charge in [0.25, 0.3) is 0 Å². The van der Waals surface area contributed by atoms with Gasteiger partial charge in [0.05, 0.1) is 12.2 Å². The molecule has 132 valence electrons. The molecule has 1 aliphatic rings. The first kappa shape index (κ1) is 17.8. The zero-order valence-corrected chi connectivity index (χ0v) is 15.6. The van der Waals surface area contributed by atoms with Crippen LogP contribution in [-0.4, -0.2) is 41.2 Å². The van der Waals surface area contributed by atoms with E-state index < -0.39 is 0 Å². The lowest BCUT2D eigenvalue weighted by Gasteiger charge is -2.21. The summed E-state index contributed by atoms with van der Waals surface area (Å²) < 4.78 is 0. The SMILES string of the molecule is CCNC(=NCc1ccccn1)N1CCC(CSc2ccccc2)C1. The summed E-state index contributed by atoms with van der Waals surface area (Å²) in [5.74, 6) is 2.89. The number of aromatic nitrogens is 1. The lowest BCUT2D eigenvalue weighted by Crippen LogP contribution is -2.40. The van der Waals surface area contributed by atoms with Crippen molar-refractivity contribution in [3.63, 3.8) is 0 Å². The number of aliphatic imine (C=N–C) groups is 1. The van der Waals surface area contributed by atoms with Crippen molar-refractivity contribution in [2.24, 2.45) is 10.9 Å². The first-order chi connectivity index (χ1) is 12.3. The van der Waals surface area contributed by atoms with Crippen LogP contribution >= 0.6 is 11.8 Å². The van der Waals surface area contributed by atoms with Crippen molar-refractivity contribution >= 4 is 17.7 Å². The van der Waals surface area contributed by atoms with Crippen LogP contribution < -0.4 is 5.32 Å². The van der Waals surface area contributed by atoms with E-state index in [0.717, 1.165) is 31.3 Å². The summed E-state index contributed by atoms with van der Waals surface area (Å²) in [4.78, 5) is 12.9. The normalized spacial score (nSPS) is 17.7. The molecular formula is C20H26N4S. The summed E-state index contributed by atoms with van der Waals surface area (Å²) in [6.45, 7) is 5.79. The van der Waals surface area contributed by atoms with Crippen molar-refractivity contribution in [1.29, 1.82) is 0 Å². The average molecular weight is 355 g/mol. The maximum absolute atomic E-state index is 4.78. The number of nitrogens with one attached hydrogen (secondary N) is 1. The van der Waals surface area contributed by atoms with Crippen LogP contribution in [0.1, 0.15) is 19.0 Å². The molecule has 0 bridgehead atoms. The molecule has 1 aromatic heterocycles. The lowest BCUT2D eigenvalue weighted by molar-refractivity contribution is 0.474. The molecule has 2 aromatic rings. The first-order valence-corrected chi connectivity index (χ1v) is 9.94. The number of thioether (sulfide) groups is 1. The molecular weight excluding hydrogens is 328 g/mol. The van der Waals surface area contributed by atoms with Gasteiger partial charge in [0.2, 0.25) is 0 Å². The number of rotatable bonds is 6. The number of nitrogens with zero attached hydrogens (tertiary/aromatic N) is 3. The van der Waals surface area contributed by atoms with E-state index in [2.05, 4.69) is 52.5 Å². The van der Waals surface area contributed by atoms with E-state index in [0.29, 0.717) is 12.5 Å². The number of hydrogen-bond acceptors (Lipinski definition) is 3. The molecule has 0 saturated carbocycles. The van der Waals surface area contributed by atoms with Crippen molar-refractivity contribution in [1.82, 2.24) is 15.2 Å². The maximum Gasteiger partial charge on any atom is 0.194 e. The maximum atomic E-state index is 4.78. The van der Waals surface area contributed by atoms with Crippen molar-refractivity contribution in [3.05, 3.63) is 60.4 Å². The minimum absolute atomic E-state index is 0.628. The molecule has 1 unspecified atom stereocenters. The molecule has 0 spiro atoms. The molecule has 1 N–H and O–H groups in total. The van der Waals surface area contributed by atoms with Gasteiger partial charge in [-0.1, -0.05) is 24.3 Å². The summed E-state index contributed by atoms with van der Waals surface area (Å²) in [5, 5.41) is 3.43. The summed E-state index contributed by atoms with van der Waals surface area (Å²) in [7, 11) is 0. The van der Waals surface area contributed by atoms with Crippen LogP contribution in [-0.2, 0) is 6.54 Å². The minimum atomic E-state index is 0.628. The van der Waals surface area contributed by atoms with Gasteiger partial charge in [-0.15, -0.1) is 11.8 Å². The Kier molecular flexibility index (Phi) is 6.74. The van der Waals surface area contributed by atoms with Gasteiger partial charge in [-0.2, -0.15) is 0 Å². The van der Waals surface area contributed by atoms with Gasteiger partial charge in [0.1, 0.15) is 0 Å². The molecule has 0 radical (unpaired) electrons. The number of benzene rings is 1. The highest BCUT2D eigenvalue weighted by Gasteiger charge is 2.24. The Labute approximate surface area is 154 Å². The van der Waals surface area contributed by atoms with E-state index in [4.69, 9.17) is 4.99 Å². The first-order valence-electron chi connectivity index (χ1n) is 8.96. The van der Waals surface area contributed by atoms with E-state index in [1.165, 1.54) is 17.1 Å². The molecule has 2 heterocycles. The number of guanidine groups is 1. The van der Waals surface area contributed by atoms with Crippen LogP contribution in [0.5, 0.6) is 0 Å². The third-order valence-electron chi connectivity index (χ3n) is 4.27. The van der Waals surface area contributed by atoms with Gasteiger partial charge in [0.15, 0.2) is 5.96 Å². The summed E-state index contributed by atoms with van der Waals surface area (Å²) in [6, 6.07) is 16.6. The number of pyridine rings is 1. The molecule has 1 fully saturated rings. The topological polar surface area (TPSA) is 40.5 Å². The molecule has 0 amide bonds. The molecule has 25 heavy (non-hydrogen) atoms. The molecule has 1 aliphatic heterocycles. The predicted octanol–water partition coefficient (Wildman–Crippen LogP) is 3.66. The lowest BCUT2D eigenvalue weighted by atomic mass is 10.2. The highest BCUT2D eigenvalue weighted by atomic mass is 32.2. The van der Waals surface area contributed by atoms with E-state index in [-0.39, 0.29) is 0 Å². The van der Waals surface area contributed by atoms with Gasteiger partial charge in [-0.05, 0) is 43.5 Å². The van der Waals surface area contributed by atoms with Crippen molar-refractivity contribution in [2.45, 2.75) is 24.8 Å². The summed E-state index contributed by atoms with van der Waals surface area (Å²) >= 11 is 1.96. The Morgan fingerprint density at radius 1 is 1.24 bits per heavy atom. The van der Waals surface area contributed by atoms with Crippen LogP contribution in [0, 0.1) is 5.92 Å². The van der Waals surface area contributed by atoms with Crippen LogP contribution in [0.2, 0.25) is 0 Å². The quantitative estimate of drug-likeness (QED) is 0.488. The van der Waals surface area contributed by atoms with E-state index in [1.54, 1.807) is 0 Å². The third-order valence-corrected chi connectivity index (χ3v) is 5.51. The zero-order valence-electron chi connectivity index (χ0n) is 14.8. The average Bonchev–Trinajstić information content (AvgIpc) is 3.14. The fraction of sp³-hybridized carbons (Fsp3) is 0.400. The monoisotopic (exact) mass is 354 g/mol. The number of hydrogen-bond donors (Lipinski definition) is 1. The van der Waals surface area contributed by atoms with Gasteiger partial charge in [0, 0.05) is 36.5 Å². The van der Waals surface area contributed by atoms with Gasteiger partial charge < -0.3 is 10.2 Å². The van der Waals surface area contributed by atoms with Crippen molar-refractivity contribution in [3.8, 4) is 0 Å². The highest BCUT2D eigenvalue weighted by molar-refractivity contribution is 7.99. The molecule has 4 nitrogen and oxygen atoms in total. The summed E-state index contributed by atoms with van der Waals surface area (Å²) in [5.41, 5.74) is 1.01. The highest BCUT2D eigenvalue weighted by Crippen LogP contribution is 2.25. The molecule has 1 atom stereocenters. The number of likely N-dealkylation sites (tertiary alicyclic amines) is 1. The van der Waals surface area contributed by atoms with Crippen molar-refractivity contribution in [2.75, 3.05) is 25.4 Å². The predicted molar refractivity (Wildman–Crippen MR) is 106 cm³/mol. The van der Waals surface area contributed by atoms with Crippen LogP contribution in [0.15, 0.2) is 64.6 Å². The van der Waals surface area contributed by atoms with E-state index in [9.17, 15) is 0 Å². The fourth-order valence-electron chi connectivity index (χ4n) is 2.97. The third kappa shape index (κ3) is 5.49. The smallest absolute Gasteiger partial charge is 0.194 e. The largest absolute Gasteiger partial charge is 0.357 e. The van der Waals surface area contributed by atoms with Crippen LogP contribution in [0.25, 0.3) is 0 Å². The second kappa shape index (κ2) is 9.47. The fourth-order valence-corrected chi connectivity index (χ4v) is 4.02. The Balaban J connectivity index is 1.54. The van der Waals surface area contributed by atoms with E-state index in [1.807, 2.05) is 36.2 Å². The van der Waals surface area contributed by atoms with E-state index >= 15 is 0 Å². The zero-order chi connectivity index (χ0) is 17.3. The Morgan fingerprint density at radius 2 is 2.08 bits per heavy atom. The molecule has 1 saturated heterocycles. The Bertz CT molecular complexity index is 660. The van der Waals surface area contributed by atoms with Gasteiger partial charge in [-0.25, -0.2) is 4.99 Å². The molecule has 1 aromatic carbocycles. The second-order valence-corrected chi connectivity index (χ2v) is 7.31. The van der Waals surface area contributed by atoms with Gasteiger partial charge in [-0.3, -0.25) is 4.98 Å². The molecule has 0 aliphatic carbocycles. The Hall–Kier alpha value is -2.01. The second-order valence-electron chi connectivity index (χ2n) is 6.22. The standard InChI is InChI=1S/C20H26N4S/c1-2-21-20(23-14-18-8-6-7-12-22-18)24-13-11-17(15-24)16-25-19-9-4-3-5-10-19/h3-10,12,17H,2,11,13-16H2,1H3,(H,21,23). The molecule has 3 rings (SSSR count). The minimum Gasteiger partial charge on any atom is -0.357 e. The van der Waals surface area contributed by atoms with Crippen molar-refractivity contribution < 1.29 is 0 Å².